The summed E-state index contributed by atoms with van der Waals surface area (Å²) >= 11 is 7.77. The number of carbonyl (C=O) groups is 2. The summed E-state index contributed by atoms with van der Waals surface area (Å²) in [6.07, 6.45) is -1.07. The van der Waals surface area contributed by atoms with Crippen LogP contribution in [0.5, 0.6) is 0 Å². The molecular weight excluding hydrogens is 536 g/mol. The van der Waals surface area contributed by atoms with E-state index >= 15 is 0 Å². The van der Waals surface area contributed by atoms with E-state index in [1.54, 1.807) is 19.1 Å². The van der Waals surface area contributed by atoms with Crippen LogP contribution in [-0.4, -0.2) is 44.8 Å². The summed E-state index contributed by atoms with van der Waals surface area (Å²) in [5.41, 5.74) is 1.01. The highest BCUT2D eigenvalue weighted by Gasteiger charge is 2.23. The first-order valence-corrected chi connectivity index (χ1v) is 11.8. The van der Waals surface area contributed by atoms with E-state index in [0.717, 1.165) is 12.6 Å². The molecule has 0 spiro atoms. The molecule has 1 aromatic heterocycles. The number of hydrogen-bond donors (Lipinski definition) is 1. The molecular formula is C17H18Br2N2O5S2. The van der Waals surface area contributed by atoms with Crippen molar-refractivity contribution < 1.29 is 22.7 Å². The fourth-order valence-corrected chi connectivity index (χ4v) is 4.91. The number of thiophene rings is 1. The molecule has 0 radical (unpaired) electrons. The van der Waals surface area contributed by atoms with Gasteiger partial charge in [0, 0.05) is 24.3 Å². The number of carbonyl (C=O) groups excluding carboxylic acids is 2. The lowest BCUT2D eigenvalue weighted by molar-refractivity contribution is -0.123. The second-order valence-corrected chi connectivity index (χ2v) is 11.4. The van der Waals surface area contributed by atoms with E-state index in [1.165, 1.54) is 44.5 Å². The Hall–Kier alpha value is -1.27. The fraction of sp³-hybridized carbons (Fsp3) is 0.294. The Morgan fingerprint density at radius 2 is 1.86 bits per heavy atom. The molecule has 0 fully saturated rings. The topological polar surface area (TPSA) is 92.8 Å². The minimum Gasteiger partial charge on any atom is -0.448 e. The van der Waals surface area contributed by atoms with Gasteiger partial charge in [-0.15, -0.1) is 11.3 Å². The van der Waals surface area contributed by atoms with Crippen LogP contribution >= 0.6 is 43.2 Å². The van der Waals surface area contributed by atoms with Crippen molar-refractivity contribution in [2.24, 2.45) is 0 Å². The van der Waals surface area contributed by atoms with Crippen LogP contribution in [-0.2, 0) is 19.6 Å². The standard InChI is InChI=1S/C17H18Br2N2O5S2/c1-9-5-6-11(28(24,25)21(3)4)7-13(9)20-16(22)10(2)26-17(23)14-8-12(18)15(19)27-14/h5-8,10H,1-4H3,(H,20,22)/t10-/m0/s1. The number of ether oxygens (including phenoxy) is 1. The molecule has 0 saturated heterocycles. The van der Waals surface area contributed by atoms with Gasteiger partial charge in [0.1, 0.15) is 4.88 Å². The van der Waals surface area contributed by atoms with Crippen molar-refractivity contribution in [1.82, 2.24) is 4.31 Å². The molecule has 0 unspecified atom stereocenters. The number of benzene rings is 1. The summed E-state index contributed by atoms with van der Waals surface area (Å²) in [6.45, 7) is 3.18. The summed E-state index contributed by atoms with van der Waals surface area (Å²) in [6, 6.07) is 6.05. The predicted octanol–water partition coefficient (Wildman–Crippen LogP) is 4.02. The number of amides is 1. The van der Waals surface area contributed by atoms with Gasteiger partial charge in [0.15, 0.2) is 6.10 Å². The monoisotopic (exact) mass is 552 g/mol. The van der Waals surface area contributed by atoms with Gasteiger partial charge in [-0.25, -0.2) is 17.5 Å². The lowest BCUT2D eigenvalue weighted by Gasteiger charge is -2.16. The van der Waals surface area contributed by atoms with Gasteiger partial charge < -0.3 is 10.1 Å². The first kappa shape index (κ1) is 23.0. The minimum absolute atomic E-state index is 0.0522. The van der Waals surface area contributed by atoms with Crippen LogP contribution in [0, 0.1) is 6.92 Å². The van der Waals surface area contributed by atoms with Gasteiger partial charge in [-0.3, -0.25) is 4.79 Å². The van der Waals surface area contributed by atoms with Gasteiger partial charge in [0.25, 0.3) is 5.91 Å². The van der Waals surface area contributed by atoms with E-state index < -0.39 is 28.0 Å². The molecule has 1 amide bonds. The van der Waals surface area contributed by atoms with E-state index in [0.29, 0.717) is 16.1 Å². The number of halogens is 2. The van der Waals surface area contributed by atoms with Gasteiger partial charge in [-0.05, 0) is 69.5 Å². The molecule has 152 valence electrons. The summed E-state index contributed by atoms with van der Waals surface area (Å²) in [5.74, 6) is -1.19. The zero-order valence-corrected chi connectivity index (χ0v) is 20.3. The number of rotatable bonds is 6. The van der Waals surface area contributed by atoms with E-state index in [4.69, 9.17) is 4.74 Å². The number of sulfonamides is 1. The van der Waals surface area contributed by atoms with Crippen molar-refractivity contribution in [2.75, 3.05) is 19.4 Å². The molecule has 0 aliphatic rings. The molecule has 1 N–H and O–H groups in total. The number of hydrogen-bond acceptors (Lipinski definition) is 6. The third-order valence-electron chi connectivity index (χ3n) is 3.74. The molecule has 7 nitrogen and oxygen atoms in total. The number of anilines is 1. The normalized spacial score (nSPS) is 12.7. The van der Waals surface area contributed by atoms with Gasteiger partial charge in [-0.2, -0.15) is 0 Å². The summed E-state index contributed by atoms with van der Waals surface area (Å²) in [4.78, 5) is 25.0. The molecule has 0 aliphatic carbocycles. The lowest BCUT2D eigenvalue weighted by atomic mass is 10.2. The Balaban J connectivity index is 2.14. The Bertz CT molecular complexity index is 999. The van der Waals surface area contributed by atoms with E-state index in [9.17, 15) is 18.0 Å². The van der Waals surface area contributed by atoms with Crippen molar-refractivity contribution in [3.8, 4) is 0 Å². The van der Waals surface area contributed by atoms with Crippen molar-refractivity contribution >= 4 is 70.8 Å². The SMILES string of the molecule is Cc1ccc(S(=O)(=O)N(C)C)cc1NC(=O)[C@H](C)OC(=O)c1cc(Br)c(Br)s1. The average Bonchev–Trinajstić information content (AvgIpc) is 2.95. The lowest BCUT2D eigenvalue weighted by Crippen LogP contribution is -2.30. The van der Waals surface area contributed by atoms with E-state index in [1.807, 2.05) is 0 Å². The van der Waals surface area contributed by atoms with E-state index in [-0.39, 0.29) is 4.90 Å². The molecule has 0 aliphatic heterocycles. The molecule has 11 heteroatoms. The van der Waals surface area contributed by atoms with Crippen LogP contribution < -0.4 is 5.32 Å². The molecule has 1 atom stereocenters. The number of aryl methyl sites for hydroxylation is 1. The van der Waals surface area contributed by atoms with Crippen LogP contribution in [0.4, 0.5) is 5.69 Å². The molecule has 0 bridgehead atoms. The number of nitrogens with zero attached hydrogens (tertiary/aromatic N) is 1. The molecule has 2 aromatic rings. The van der Waals surface area contributed by atoms with Crippen LogP contribution in [0.3, 0.4) is 0 Å². The first-order chi connectivity index (χ1) is 12.9. The number of esters is 1. The molecule has 0 saturated carbocycles. The second kappa shape index (κ2) is 9.04. The maximum atomic E-state index is 12.4. The molecule has 1 aromatic carbocycles. The quantitative estimate of drug-likeness (QED) is 0.545. The van der Waals surface area contributed by atoms with Gasteiger partial charge in [0.05, 0.1) is 8.68 Å². The van der Waals surface area contributed by atoms with Gasteiger partial charge in [0.2, 0.25) is 10.0 Å². The van der Waals surface area contributed by atoms with Crippen molar-refractivity contribution in [1.29, 1.82) is 0 Å². The zero-order chi connectivity index (χ0) is 21.2. The van der Waals surface area contributed by atoms with Crippen LogP contribution in [0.15, 0.2) is 37.4 Å². The largest absolute Gasteiger partial charge is 0.448 e. The van der Waals surface area contributed by atoms with Crippen molar-refractivity contribution in [3.05, 3.63) is 43.0 Å². The minimum atomic E-state index is -3.64. The third kappa shape index (κ3) is 5.20. The summed E-state index contributed by atoms with van der Waals surface area (Å²) in [5, 5.41) is 2.62. The maximum Gasteiger partial charge on any atom is 0.349 e. The Labute approximate surface area is 184 Å². The Morgan fingerprint density at radius 3 is 2.39 bits per heavy atom. The first-order valence-electron chi connectivity index (χ1n) is 7.93. The van der Waals surface area contributed by atoms with Crippen molar-refractivity contribution in [3.63, 3.8) is 0 Å². The Kier molecular flexibility index (Phi) is 7.43. The third-order valence-corrected chi connectivity index (χ3v) is 8.79. The Morgan fingerprint density at radius 1 is 1.21 bits per heavy atom. The van der Waals surface area contributed by atoms with Crippen LogP contribution in [0.2, 0.25) is 0 Å². The fourth-order valence-electron chi connectivity index (χ4n) is 2.06. The zero-order valence-electron chi connectivity index (χ0n) is 15.4. The molecule has 28 heavy (non-hydrogen) atoms. The molecule has 1 heterocycles. The van der Waals surface area contributed by atoms with Crippen molar-refractivity contribution in [2.45, 2.75) is 24.8 Å². The predicted molar refractivity (Wildman–Crippen MR) is 115 cm³/mol. The van der Waals surface area contributed by atoms with Gasteiger partial charge in [-0.1, -0.05) is 6.07 Å². The smallest absolute Gasteiger partial charge is 0.349 e. The second-order valence-electron chi connectivity index (χ2n) is 6.03. The maximum absolute atomic E-state index is 12.4. The summed E-state index contributed by atoms with van der Waals surface area (Å²) < 4.78 is 32.3. The van der Waals surface area contributed by atoms with E-state index in [2.05, 4.69) is 37.2 Å². The average molecular weight is 554 g/mol. The molecule has 2 rings (SSSR count). The van der Waals surface area contributed by atoms with Crippen LogP contribution in [0.25, 0.3) is 0 Å². The number of nitrogens with one attached hydrogen (secondary N) is 1. The highest BCUT2D eigenvalue weighted by molar-refractivity contribution is 9.13. The summed E-state index contributed by atoms with van der Waals surface area (Å²) in [7, 11) is -0.786. The highest BCUT2D eigenvalue weighted by Crippen LogP contribution is 2.33. The van der Waals surface area contributed by atoms with Crippen LogP contribution in [0.1, 0.15) is 22.2 Å². The highest BCUT2D eigenvalue weighted by atomic mass is 79.9. The van der Waals surface area contributed by atoms with Gasteiger partial charge >= 0.3 is 5.97 Å².